The van der Waals surface area contributed by atoms with Crippen LogP contribution in [0.3, 0.4) is 0 Å². The molecule has 0 heterocycles. The van der Waals surface area contributed by atoms with Gasteiger partial charge in [-0.25, -0.2) is 0 Å². The largest absolute Gasteiger partial charge is 0.490 e. The summed E-state index contributed by atoms with van der Waals surface area (Å²) in [5.41, 5.74) is 0.602. The first-order chi connectivity index (χ1) is 9.20. The molecule has 3 nitrogen and oxygen atoms in total. The van der Waals surface area contributed by atoms with Gasteiger partial charge in [-0.3, -0.25) is 4.79 Å². The number of hydrogen-bond donors (Lipinski definition) is 0. The van der Waals surface area contributed by atoms with Crippen molar-refractivity contribution in [2.75, 3.05) is 13.2 Å². The molecule has 1 rings (SSSR count). The minimum Gasteiger partial charge on any atom is -0.490 e. The first-order valence-electron chi connectivity index (χ1n) is 7.10. The van der Waals surface area contributed by atoms with E-state index in [1.807, 2.05) is 12.1 Å². The predicted octanol–water partition coefficient (Wildman–Crippen LogP) is 4.25. The molecule has 1 aromatic carbocycles. The number of hydrogen-bond acceptors (Lipinski definition) is 3. The Balaban J connectivity index is 2.86. The Morgan fingerprint density at radius 3 is 2.26 bits per heavy atom. The molecule has 0 saturated heterocycles. The summed E-state index contributed by atoms with van der Waals surface area (Å²) in [5.74, 6) is 1.28. The van der Waals surface area contributed by atoms with E-state index in [2.05, 4.69) is 13.8 Å². The Labute approximate surface area is 115 Å². The van der Waals surface area contributed by atoms with Gasteiger partial charge in [-0.05, 0) is 31.9 Å². The zero-order valence-electron chi connectivity index (χ0n) is 12.2. The van der Waals surface area contributed by atoms with Crippen LogP contribution in [0.2, 0.25) is 0 Å². The second-order valence-corrected chi connectivity index (χ2v) is 4.59. The summed E-state index contributed by atoms with van der Waals surface area (Å²) in [6.07, 6.45) is 4.12. The van der Waals surface area contributed by atoms with E-state index in [1.165, 1.54) is 0 Å². The average molecular weight is 264 g/mol. The lowest BCUT2D eigenvalue weighted by molar-refractivity contribution is 0.101. The van der Waals surface area contributed by atoms with Crippen LogP contribution in [0.1, 0.15) is 56.8 Å². The van der Waals surface area contributed by atoms with Crippen molar-refractivity contribution in [3.05, 3.63) is 23.8 Å². The number of para-hydroxylation sites is 1. The molecule has 19 heavy (non-hydrogen) atoms. The van der Waals surface area contributed by atoms with E-state index < -0.39 is 0 Å². The molecule has 0 unspecified atom stereocenters. The Hall–Kier alpha value is -1.51. The van der Waals surface area contributed by atoms with Gasteiger partial charge in [0.2, 0.25) is 0 Å². The molecule has 0 aliphatic rings. The molecule has 0 aliphatic carbocycles. The molecule has 0 atom stereocenters. The molecule has 0 saturated carbocycles. The minimum atomic E-state index is 0.00689. The molecular formula is C16H24O3. The zero-order chi connectivity index (χ0) is 14.1. The van der Waals surface area contributed by atoms with Gasteiger partial charge >= 0.3 is 0 Å². The third kappa shape index (κ3) is 4.93. The lowest BCUT2D eigenvalue weighted by Gasteiger charge is -2.15. The Bertz CT molecular complexity index is 399. The number of ether oxygens (including phenoxy) is 2. The van der Waals surface area contributed by atoms with Crippen LogP contribution in [0.15, 0.2) is 18.2 Å². The highest BCUT2D eigenvalue weighted by Gasteiger charge is 2.14. The van der Waals surface area contributed by atoms with Crippen molar-refractivity contribution in [3.63, 3.8) is 0 Å². The van der Waals surface area contributed by atoms with Gasteiger partial charge < -0.3 is 9.47 Å². The molecule has 0 fully saturated rings. The van der Waals surface area contributed by atoms with Crippen molar-refractivity contribution >= 4 is 5.78 Å². The van der Waals surface area contributed by atoms with E-state index in [1.54, 1.807) is 13.0 Å². The standard InChI is InChI=1S/C16H24O3/c1-4-6-11-18-15-10-8-9-14(13(3)17)16(15)19-12-7-5-2/h8-10H,4-7,11-12H2,1-3H3. The molecule has 106 valence electrons. The third-order valence-corrected chi connectivity index (χ3v) is 2.86. The quantitative estimate of drug-likeness (QED) is 0.494. The smallest absolute Gasteiger partial charge is 0.171 e. The second kappa shape index (κ2) is 8.57. The summed E-state index contributed by atoms with van der Waals surface area (Å²) in [5, 5.41) is 0. The number of carbonyl (C=O) groups is 1. The van der Waals surface area contributed by atoms with Gasteiger partial charge in [0.15, 0.2) is 17.3 Å². The van der Waals surface area contributed by atoms with Gasteiger partial charge in [-0.1, -0.05) is 32.8 Å². The molecule has 0 aliphatic heterocycles. The summed E-state index contributed by atoms with van der Waals surface area (Å²) in [4.78, 5) is 11.6. The third-order valence-electron chi connectivity index (χ3n) is 2.86. The zero-order valence-corrected chi connectivity index (χ0v) is 12.2. The van der Waals surface area contributed by atoms with Crippen LogP contribution in [0.4, 0.5) is 0 Å². The van der Waals surface area contributed by atoms with Gasteiger partial charge in [-0.15, -0.1) is 0 Å². The van der Waals surface area contributed by atoms with Crippen molar-refractivity contribution in [1.82, 2.24) is 0 Å². The fourth-order valence-corrected chi connectivity index (χ4v) is 1.70. The number of Topliss-reactive ketones (excluding diaryl/α,β-unsaturated/α-hetero) is 1. The number of rotatable bonds is 9. The molecule has 0 bridgehead atoms. The highest BCUT2D eigenvalue weighted by atomic mass is 16.5. The summed E-state index contributed by atoms with van der Waals surface area (Å²) in [7, 11) is 0. The van der Waals surface area contributed by atoms with E-state index >= 15 is 0 Å². The Kier molecular flexibility index (Phi) is 7.01. The van der Waals surface area contributed by atoms with Crippen LogP contribution < -0.4 is 9.47 Å². The molecular weight excluding hydrogens is 240 g/mol. The van der Waals surface area contributed by atoms with Gasteiger partial charge in [0.1, 0.15) is 0 Å². The number of unbranched alkanes of at least 4 members (excludes halogenated alkanes) is 2. The van der Waals surface area contributed by atoms with Crippen molar-refractivity contribution < 1.29 is 14.3 Å². The molecule has 0 amide bonds. The summed E-state index contributed by atoms with van der Waals surface area (Å²) in [6, 6.07) is 5.49. The van der Waals surface area contributed by atoms with Crippen LogP contribution >= 0.6 is 0 Å². The minimum absolute atomic E-state index is 0.00689. The van der Waals surface area contributed by atoms with Crippen LogP contribution in [0, 0.1) is 0 Å². The van der Waals surface area contributed by atoms with E-state index in [-0.39, 0.29) is 5.78 Å². The summed E-state index contributed by atoms with van der Waals surface area (Å²) in [6.45, 7) is 7.05. The molecule has 0 radical (unpaired) electrons. The lowest BCUT2D eigenvalue weighted by atomic mass is 10.1. The topological polar surface area (TPSA) is 35.5 Å². The van der Waals surface area contributed by atoms with Gasteiger partial charge in [-0.2, -0.15) is 0 Å². The Morgan fingerprint density at radius 2 is 1.68 bits per heavy atom. The summed E-state index contributed by atoms with van der Waals surface area (Å²) >= 11 is 0. The van der Waals surface area contributed by atoms with Crippen LogP contribution in [-0.4, -0.2) is 19.0 Å². The number of carbonyl (C=O) groups excluding carboxylic acids is 1. The first-order valence-corrected chi connectivity index (χ1v) is 7.10. The lowest BCUT2D eigenvalue weighted by Crippen LogP contribution is -2.06. The maximum absolute atomic E-state index is 11.6. The van der Waals surface area contributed by atoms with Crippen LogP contribution in [0.5, 0.6) is 11.5 Å². The van der Waals surface area contributed by atoms with E-state index in [0.717, 1.165) is 25.7 Å². The van der Waals surface area contributed by atoms with Crippen molar-refractivity contribution in [1.29, 1.82) is 0 Å². The molecule has 3 heteroatoms. The monoisotopic (exact) mass is 264 g/mol. The SMILES string of the molecule is CCCCOc1cccc(C(C)=O)c1OCCCC. The normalized spacial score (nSPS) is 10.3. The maximum Gasteiger partial charge on any atom is 0.171 e. The van der Waals surface area contributed by atoms with E-state index in [9.17, 15) is 4.79 Å². The maximum atomic E-state index is 11.6. The molecule has 0 spiro atoms. The van der Waals surface area contributed by atoms with Crippen LogP contribution in [-0.2, 0) is 0 Å². The van der Waals surface area contributed by atoms with E-state index in [4.69, 9.17) is 9.47 Å². The van der Waals surface area contributed by atoms with Crippen molar-refractivity contribution in [2.24, 2.45) is 0 Å². The number of ketones is 1. The van der Waals surface area contributed by atoms with Gasteiger partial charge in [0.05, 0.1) is 18.8 Å². The molecule has 0 N–H and O–H groups in total. The number of benzene rings is 1. The highest BCUT2D eigenvalue weighted by Crippen LogP contribution is 2.32. The van der Waals surface area contributed by atoms with E-state index in [0.29, 0.717) is 30.3 Å². The molecule has 0 aromatic heterocycles. The second-order valence-electron chi connectivity index (χ2n) is 4.59. The molecule has 1 aromatic rings. The van der Waals surface area contributed by atoms with Crippen molar-refractivity contribution in [2.45, 2.75) is 46.5 Å². The fraction of sp³-hybridized carbons (Fsp3) is 0.562. The average Bonchev–Trinajstić information content (AvgIpc) is 2.40. The summed E-state index contributed by atoms with van der Waals surface area (Å²) < 4.78 is 11.5. The fourth-order valence-electron chi connectivity index (χ4n) is 1.70. The van der Waals surface area contributed by atoms with Gasteiger partial charge in [0.25, 0.3) is 0 Å². The predicted molar refractivity (Wildman–Crippen MR) is 77.3 cm³/mol. The van der Waals surface area contributed by atoms with Gasteiger partial charge in [0, 0.05) is 0 Å². The first kappa shape index (κ1) is 15.5. The van der Waals surface area contributed by atoms with Crippen LogP contribution in [0.25, 0.3) is 0 Å². The Morgan fingerprint density at radius 1 is 1.05 bits per heavy atom. The van der Waals surface area contributed by atoms with Crippen molar-refractivity contribution in [3.8, 4) is 11.5 Å². The highest BCUT2D eigenvalue weighted by molar-refractivity contribution is 5.97.